The fourth-order valence-corrected chi connectivity index (χ4v) is 3.69. The summed E-state index contributed by atoms with van der Waals surface area (Å²) in [7, 11) is 1.66. The fraction of sp³-hybridized carbons (Fsp3) is 0.609. The van der Waals surface area contributed by atoms with Gasteiger partial charge in [0.05, 0.1) is 11.6 Å². The van der Waals surface area contributed by atoms with E-state index in [0.717, 1.165) is 28.6 Å². The Balaban J connectivity index is 1.62. The third-order valence-electron chi connectivity index (χ3n) is 5.54. The van der Waals surface area contributed by atoms with Crippen LogP contribution < -0.4 is 0 Å². The maximum atomic E-state index is 12.6. The summed E-state index contributed by atoms with van der Waals surface area (Å²) >= 11 is 0. The average molecular weight is 416 g/mol. The monoisotopic (exact) mass is 415 g/mol. The van der Waals surface area contributed by atoms with Crippen LogP contribution in [0.25, 0.3) is 10.9 Å². The van der Waals surface area contributed by atoms with Crippen LogP contribution in [0.4, 0.5) is 4.79 Å². The minimum absolute atomic E-state index is 0.0726. The predicted molar refractivity (Wildman–Crippen MR) is 116 cm³/mol. The van der Waals surface area contributed by atoms with Crippen LogP contribution in [0.1, 0.15) is 56.5 Å². The Bertz CT molecular complexity index is 922. The number of benzene rings is 1. The van der Waals surface area contributed by atoms with Crippen molar-refractivity contribution in [3.05, 3.63) is 29.5 Å². The predicted octanol–water partition coefficient (Wildman–Crippen LogP) is 4.21. The van der Waals surface area contributed by atoms with Crippen molar-refractivity contribution in [1.82, 2.24) is 14.7 Å². The topological polar surface area (TPSA) is 73.7 Å². The summed E-state index contributed by atoms with van der Waals surface area (Å²) in [6.07, 6.45) is 3.00. The van der Waals surface area contributed by atoms with Gasteiger partial charge in [-0.3, -0.25) is 9.48 Å². The molecule has 2 heterocycles. The van der Waals surface area contributed by atoms with E-state index in [1.54, 1.807) is 12.0 Å². The molecular formula is C23H33N3O4. The molecule has 3 rings (SSSR count). The summed E-state index contributed by atoms with van der Waals surface area (Å²) in [5, 5.41) is 5.67. The number of carbonyl (C=O) groups excluding carboxylic acids is 2. The first kappa shape index (κ1) is 22.3. The highest BCUT2D eigenvalue weighted by molar-refractivity contribution is 6.01. The van der Waals surface area contributed by atoms with E-state index in [2.05, 4.69) is 5.10 Å². The van der Waals surface area contributed by atoms with Gasteiger partial charge in [0.25, 0.3) is 0 Å². The number of fused-ring (bicyclic) bond motifs is 1. The zero-order valence-corrected chi connectivity index (χ0v) is 18.9. The van der Waals surface area contributed by atoms with Gasteiger partial charge in [-0.25, -0.2) is 4.79 Å². The van der Waals surface area contributed by atoms with Crippen molar-refractivity contribution in [2.45, 2.75) is 65.7 Å². The highest BCUT2D eigenvalue weighted by Crippen LogP contribution is 2.25. The number of Topliss-reactive ketones (excluding diaryl/α,β-unsaturated/α-hetero) is 1. The lowest BCUT2D eigenvalue weighted by atomic mass is 9.98. The van der Waals surface area contributed by atoms with Crippen molar-refractivity contribution < 1.29 is 19.1 Å². The van der Waals surface area contributed by atoms with E-state index < -0.39 is 5.60 Å². The van der Waals surface area contributed by atoms with Gasteiger partial charge in [-0.2, -0.15) is 5.10 Å². The Morgan fingerprint density at radius 2 is 1.97 bits per heavy atom. The largest absolute Gasteiger partial charge is 0.444 e. The second kappa shape index (κ2) is 8.76. The van der Waals surface area contributed by atoms with Crippen LogP contribution in [-0.4, -0.2) is 58.5 Å². The Morgan fingerprint density at radius 1 is 1.27 bits per heavy atom. The summed E-state index contributed by atoms with van der Waals surface area (Å²) in [6, 6.07) is 3.79. The van der Waals surface area contributed by atoms with Gasteiger partial charge < -0.3 is 14.4 Å². The van der Waals surface area contributed by atoms with Crippen LogP contribution in [0.2, 0.25) is 0 Å². The van der Waals surface area contributed by atoms with Crippen molar-refractivity contribution in [2.24, 2.45) is 5.92 Å². The summed E-state index contributed by atoms with van der Waals surface area (Å²) in [5.41, 5.74) is 2.14. The molecule has 1 fully saturated rings. The Morgan fingerprint density at radius 3 is 2.60 bits per heavy atom. The molecule has 0 bridgehead atoms. The number of methoxy groups -OCH3 is 1. The number of likely N-dealkylation sites (tertiary alicyclic amines) is 1. The molecule has 2 aromatic rings. The van der Waals surface area contributed by atoms with Gasteiger partial charge in [-0.15, -0.1) is 0 Å². The van der Waals surface area contributed by atoms with Gasteiger partial charge in [0.2, 0.25) is 0 Å². The molecule has 1 aliphatic rings. The Labute approximate surface area is 178 Å². The fourth-order valence-electron chi connectivity index (χ4n) is 3.69. The molecule has 1 aromatic heterocycles. The lowest BCUT2D eigenvalue weighted by Gasteiger charge is -2.39. The Hall–Kier alpha value is -2.41. The van der Waals surface area contributed by atoms with Crippen LogP contribution in [0, 0.1) is 12.8 Å². The van der Waals surface area contributed by atoms with E-state index in [1.807, 2.05) is 57.6 Å². The third-order valence-corrected chi connectivity index (χ3v) is 5.54. The minimum atomic E-state index is -0.476. The first-order valence-electron chi connectivity index (χ1n) is 10.6. The number of hydrogen-bond acceptors (Lipinski definition) is 5. The van der Waals surface area contributed by atoms with E-state index >= 15 is 0 Å². The van der Waals surface area contributed by atoms with Crippen molar-refractivity contribution in [2.75, 3.05) is 20.2 Å². The maximum absolute atomic E-state index is 12.6. The van der Waals surface area contributed by atoms with E-state index in [0.29, 0.717) is 31.8 Å². The lowest BCUT2D eigenvalue weighted by Crippen LogP contribution is -2.52. The Kier molecular flexibility index (Phi) is 6.50. The van der Waals surface area contributed by atoms with Crippen molar-refractivity contribution in [3.8, 4) is 0 Å². The van der Waals surface area contributed by atoms with Crippen LogP contribution >= 0.6 is 0 Å². The quantitative estimate of drug-likeness (QED) is 0.634. The molecule has 1 amide bonds. The van der Waals surface area contributed by atoms with Crippen molar-refractivity contribution in [1.29, 1.82) is 0 Å². The highest BCUT2D eigenvalue weighted by atomic mass is 16.6. The zero-order chi connectivity index (χ0) is 22.1. The first-order chi connectivity index (χ1) is 14.1. The average Bonchev–Trinajstić information content (AvgIpc) is 3.04. The smallest absolute Gasteiger partial charge is 0.410 e. The molecule has 0 N–H and O–H groups in total. The molecule has 1 aliphatic heterocycles. The molecule has 1 atom stereocenters. The molecule has 164 valence electrons. The maximum Gasteiger partial charge on any atom is 0.410 e. The van der Waals surface area contributed by atoms with E-state index in [1.165, 1.54) is 0 Å². The van der Waals surface area contributed by atoms with Gasteiger partial charge in [0, 0.05) is 56.2 Å². The molecule has 0 spiro atoms. The molecule has 0 radical (unpaired) electrons. The molecular weight excluding hydrogens is 382 g/mol. The molecule has 0 saturated carbocycles. The second-order valence-electron chi connectivity index (χ2n) is 9.28. The van der Waals surface area contributed by atoms with Crippen LogP contribution in [-0.2, 0) is 16.0 Å². The number of rotatable bonds is 7. The molecule has 7 heteroatoms. The second-order valence-corrected chi connectivity index (χ2v) is 9.28. The van der Waals surface area contributed by atoms with Gasteiger partial charge in [0.15, 0.2) is 5.78 Å². The number of amides is 1. The third kappa shape index (κ3) is 5.19. The van der Waals surface area contributed by atoms with Gasteiger partial charge >= 0.3 is 6.09 Å². The number of aromatic nitrogens is 2. The summed E-state index contributed by atoms with van der Waals surface area (Å²) < 4.78 is 12.6. The molecule has 7 nitrogen and oxygen atoms in total. The number of hydrogen-bond donors (Lipinski definition) is 0. The molecule has 1 aromatic carbocycles. The molecule has 0 aliphatic carbocycles. The number of ketones is 1. The standard InChI is InChI=1S/C23H33N3O4/c1-15(29-6)7-10-21(27)18-8-9-20-19(16(18)2)14-26(24-20)13-17-11-25(12-17)22(28)30-23(3,4)5/h8-9,14-15,17H,7,10-13H2,1-6H3/t15-/m0/s1. The number of nitrogens with zero attached hydrogens (tertiary/aromatic N) is 3. The van der Waals surface area contributed by atoms with Crippen LogP contribution in [0.5, 0.6) is 0 Å². The highest BCUT2D eigenvalue weighted by Gasteiger charge is 2.34. The number of aryl methyl sites for hydroxylation is 1. The zero-order valence-electron chi connectivity index (χ0n) is 18.9. The van der Waals surface area contributed by atoms with Crippen molar-refractivity contribution in [3.63, 3.8) is 0 Å². The van der Waals surface area contributed by atoms with Gasteiger partial charge in [-0.05, 0) is 58.7 Å². The van der Waals surface area contributed by atoms with E-state index in [-0.39, 0.29) is 18.0 Å². The molecule has 1 saturated heterocycles. The lowest BCUT2D eigenvalue weighted by molar-refractivity contribution is -0.00381. The van der Waals surface area contributed by atoms with Crippen LogP contribution in [0.3, 0.4) is 0 Å². The molecule has 0 unspecified atom stereocenters. The van der Waals surface area contributed by atoms with Gasteiger partial charge in [0.1, 0.15) is 5.60 Å². The van der Waals surface area contributed by atoms with Crippen LogP contribution in [0.15, 0.2) is 18.3 Å². The first-order valence-corrected chi connectivity index (χ1v) is 10.6. The van der Waals surface area contributed by atoms with Gasteiger partial charge in [-0.1, -0.05) is 0 Å². The normalized spacial score (nSPS) is 15.9. The summed E-state index contributed by atoms with van der Waals surface area (Å²) in [6.45, 7) is 11.6. The number of ether oxygens (including phenoxy) is 2. The SMILES string of the molecule is CO[C@@H](C)CCC(=O)c1ccc2nn(CC3CN(C(=O)OC(C)(C)C)C3)cc2c1C. The molecule has 30 heavy (non-hydrogen) atoms. The minimum Gasteiger partial charge on any atom is -0.444 e. The summed E-state index contributed by atoms with van der Waals surface area (Å²) in [5.74, 6) is 0.488. The van der Waals surface area contributed by atoms with E-state index in [4.69, 9.17) is 9.47 Å². The number of carbonyl (C=O) groups is 2. The summed E-state index contributed by atoms with van der Waals surface area (Å²) in [4.78, 5) is 26.4. The van der Waals surface area contributed by atoms with Crippen molar-refractivity contribution >= 4 is 22.8 Å². The van der Waals surface area contributed by atoms with E-state index in [9.17, 15) is 9.59 Å².